The van der Waals surface area contributed by atoms with Crippen LogP contribution in [0.3, 0.4) is 0 Å². The minimum Gasteiger partial charge on any atom is -0.497 e. The number of carbonyl (C=O) groups is 1. The van der Waals surface area contributed by atoms with E-state index < -0.39 is 0 Å². The number of urea groups is 1. The van der Waals surface area contributed by atoms with Gasteiger partial charge in [-0.1, -0.05) is 41.9 Å². The number of methoxy groups -OCH3 is 1. The Balaban J connectivity index is 1.57. The molecule has 3 rings (SSSR count). The first-order valence-corrected chi connectivity index (χ1v) is 9.76. The van der Waals surface area contributed by atoms with Crippen LogP contribution in [0.2, 0.25) is 5.02 Å². The number of ether oxygens (including phenoxy) is 2. The largest absolute Gasteiger partial charge is 0.497 e. The summed E-state index contributed by atoms with van der Waals surface area (Å²) in [4.78, 5) is 14.6. The Morgan fingerprint density at radius 2 is 1.86 bits per heavy atom. The second-order valence-electron chi connectivity index (χ2n) is 6.60. The van der Waals surface area contributed by atoms with E-state index in [9.17, 15) is 4.79 Å². The highest BCUT2D eigenvalue weighted by Gasteiger charge is 2.24. The highest BCUT2D eigenvalue weighted by molar-refractivity contribution is 6.31. The number of hydrogen-bond donors (Lipinski definition) is 2. The van der Waals surface area contributed by atoms with E-state index in [0.717, 1.165) is 30.0 Å². The third-order valence-electron chi connectivity index (χ3n) is 4.82. The summed E-state index contributed by atoms with van der Waals surface area (Å²) < 4.78 is 10.6. The van der Waals surface area contributed by atoms with Crippen molar-refractivity contribution in [2.24, 2.45) is 0 Å². The van der Waals surface area contributed by atoms with Crippen LogP contribution in [0.1, 0.15) is 17.2 Å². The molecule has 1 fully saturated rings. The first-order valence-electron chi connectivity index (χ1n) is 9.38. The molecular weight excluding hydrogens is 378 g/mol. The Labute approximate surface area is 170 Å². The molecule has 2 aromatic rings. The Morgan fingerprint density at radius 3 is 2.54 bits per heavy atom. The van der Waals surface area contributed by atoms with Crippen molar-refractivity contribution in [2.75, 3.05) is 40.0 Å². The number of halogens is 1. The molecule has 1 saturated heterocycles. The van der Waals surface area contributed by atoms with Gasteiger partial charge in [-0.25, -0.2) is 4.79 Å². The number of amides is 2. The minimum atomic E-state index is -0.207. The van der Waals surface area contributed by atoms with Crippen LogP contribution in [0, 0.1) is 0 Å². The Bertz CT molecular complexity index is 764. The predicted molar refractivity (Wildman–Crippen MR) is 110 cm³/mol. The van der Waals surface area contributed by atoms with Crippen molar-refractivity contribution in [3.8, 4) is 5.75 Å². The molecule has 0 spiro atoms. The topological polar surface area (TPSA) is 62.8 Å². The summed E-state index contributed by atoms with van der Waals surface area (Å²) in [6, 6.07) is 15.2. The highest BCUT2D eigenvalue weighted by Crippen LogP contribution is 2.27. The van der Waals surface area contributed by atoms with Gasteiger partial charge in [0.2, 0.25) is 0 Å². The molecule has 6 nitrogen and oxygen atoms in total. The lowest BCUT2D eigenvalue weighted by Crippen LogP contribution is -2.45. The second-order valence-corrected chi connectivity index (χ2v) is 7.00. The van der Waals surface area contributed by atoms with Crippen LogP contribution in [0.25, 0.3) is 0 Å². The van der Waals surface area contributed by atoms with Gasteiger partial charge in [0, 0.05) is 31.2 Å². The number of hydrogen-bond acceptors (Lipinski definition) is 4. The van der Waals surface area contributed by atoms with Crippen molar-refractivity contribution in [1.29, 1.82) is 0 Å². The van der Waals surface area contributed by atoms with Crippen LogP contribution < -0.4 is 15.4 Å². The summed E-state index contributed by atoms with van der Waals surface area (Å²) in [5, 5.41) is 6.58. The summed E-state index contributed by atoms with van der Waals surface area (Å²) in [5.74, 6) is 0.793. The van der Waals surface area contributed by atoms with Crippen LogP contribution in [0.15, 0.2) is 48.5 Å². The van der Waals surface area contributed by atoms with E-state index in [2.05, 4.69) is 15.5 Å². The van der Waals surface area contributed by atoms with Gasteiger partial charge in [-0.15, -0.1) is 0 Å². The fraction of sp³-hybridized carbons (Fsp3) is 0.381. The van der Waals surface area contributed by atoms with Crippen LogP contribution in [-0.2, 0) is 11.3 Å². The predicted octanol–water partition coefficient (Wildman–Crippen LogP) is 3.22. The van der Waals surface area contributed by atoms with Gasteiger partial charge in [0.1, 0.15) is 5.75 Å². The quantitative estimate of drug-likeness (QED) is 0.745. The summed E-state index contributed by atoms with van der Waals surface area (Å²) in [6.07, 6.45) is 0. The molecule has 1 aliphatic rings. The maximum atomic E-state index is 12.3. The number of morpholine rings is 1. The molecule has 0 saturated carbocycles. The lowest BCUT2D eigenvalue weighted by molar-refractivity contribution is 0.0167. The van der Waals surface area contributed by atoms with Crippen molar-refractivity contribution in [3.05, 3.63) is 64.7 Å². The zero-order valence-electron chi connectivity index (χ0n) is 16.0. The summed E-state index contributed by atoms with van der Waals surface area (Å²) in [7, 11) is 1.63. The van der Waals surface area contributed by atoms with Gasteiger partial charge in [0.15, 0.2) is 0 Å². The van der Waals surface area contributed by atoms with Crippen LogP contribution in [-0.4, -0.2) is 50.9 Å². The molecule has 28 heavy (non-hydrogen) atoms. The molecule has 0 aromatic heterocycles. The lowest BCUT2D eigenvalue weighted by Gasteiger charge is -2.35. The summed E-state index contributed by atoms with van der Waals surface area (Å²) >= 11 is 6.42. The Kier molecular flexibility index (Phi) is 7.54. The lowest BCUT2D eigenvalue weighted by atomic mass is 10.0. The Morgan fingerprint density at radius 1 is 1.14 bits per heavy atom. The van der Waals surface area contributed by atoms with E-state index in [0.29, 0.717) is 31.3 Å². The molecule has 0 unspecified atom stereocenters. The van der Waals surface area contributed by atoms with Crippen molar-refractivity contribution < 1.29 is 14.3 Å². The summed E-state index contributed by atoms with van der Waals surface area (Å²) in [6.45, 7) is 3.91. The number of carbonyl (C=O) groups excluding carboxylic acids is 1. The molecule has 0 bridgehead atoms. The molecule has 7 heteroatoms. The van der Waals surface area contributed by atoms with E-state index in [1.54, 1.807) is 7.11 Å². The first-order chi connectivity index (χ1) is 13.7. The van der Waals surface area contributed by atoms with Gasteiger partial charge in [-0.3, -0.25) is 4.90 Å². The second kappa shape index (κ2) is 10.3. The third kappa shape index (κ3) is 5.61. The van der Waals surface area contributed by atoms with Crippen LogP contribution in [0.5, 0.6) is 5.75 Å². The zero-order chi connectivity index (χ0) is 19.8. The number of nitrogens with one attached hydrogen (secondary N) is 2. The molecule has 0 radical (unpaired) electrons. The average molecular weight is 404 g/mol. The van der Waals surface area contributed by atoms with Gasteiger partial charge in [-0.2, -0.15) is 0 Å². The van der Waals surface area contributed by atoms with Crippen molar-refractivity contribution >= 4 is 17.6 Å². The van der Waals surface area contributed by atoms with Gasteiger partial charge < -0.3 is 20.1 Å². The molecule has 150 valence electrons. The molecule has 1 heterocycles. The molecule has 1 aliphatic heterocycles. The maximum absolute atomic E-state index is 12.3. The highest BCUT2D eigenvalue weighted by atomic mass is 35.5. The molecule has 2 aromatic carbocycles. The fourth-order valence-electron chi connectivity index (χ4n) is 3.25. The van der Waals surface area contributed by atoms with Gasteiger partial charge in [-0.05, 0) is 29.3 Å². The number of nitrogens with zero attached hydrogens (tertiary/aromatic N) is 1. The van der Waals surface area contributed by atoms with Gasteiger partial charge in [0.25, 0.3) is 0 Å². The molecule has 1 atom stereocenters. The van der Waals surface area contributed by atoms with Crippen molar-refractivity contribution in [1.82, 2.24) is 15.5 Å². The average Bonchev–Trinajstić information content (AvgIpc) is 2.74. The number of benzene rings is 2. The molecule has 0 aliphatic carbocycles. The first kappa shape index (κ1) is 20.5. The molecular formula is C21H26ClN3O3. The summed E-state index contributed by atoms with van der Waals surface area (Å²) in [5.41, 5.74) is 2.02. The van der Waals surface area contributed by atoms with E-state index in [-0.39, 0.29) is 12.1 Å². The number of rotatable bonds is 7. The van der Waals surface area contributed by atoms with Gasteiger partial charge >= 0.3 is 6.03 Å². The zero-order valence-corrected chi connectivity index (χ0v) is 16.7. The molecule has 2 N–H and O–H groups in total. The van der Waals surface area contributed by atoms with Crippen LogP contribution >= 0.6 is 11.6 Å². The monoisotopic (exact) mass is 403 g/mol. The Hall–Kier alpha value is -2.28. The van der Waals surface area contributed by atoms with Crippen molar-refractivity contribution in [3.63, 3.8) is 0 Å². The van der Waals surface area contributed by atoms with Crippen molar-refractivity contribution in [2.45, 2.75) is 12.6 Å². The van der Waals surface area contributed by atoms with Crippen LogP contribution in [0.4, 0.5) is 4.79 Å². The maximum Gasteiger partial charge on any atom is 0.315 e. The standard InChI is InChI=1S/C21H26ClN3O3/c1-27-17-8-6-16(7-9-17)14-23-21(26)24-15-20(25-10-12-28-13-11-25)18-4-2-3-5-19(18)22/h2-9,20H,10-15H2,1H3,(H2,23,24,26)/t20-/m0/s1. The van der Waals surface area contributed by atoms with E-state index >= 15 is 0 Å². The van der Waals surface area contributed by atoms with Gasteiger partial charge in [0.05, 0.1) is 26.4 Å². The van der Waals surface area contributed by atoms with E-state index in [1.807, 2.05) is 48.5 Å². The normalized spacial score (nSPS) is 15.6. The SMILES string of the molecule is COc1ccc(CNC(=O)NC[C@@H](c2ccccc2Cl)N2CCOCC2)cc1. The fourth-order valence-corrected chi connectivity index (χ4v) is 3.51. The minimum absolute atomic E-state index is 0.00402. The van der Waals surface area contributed by atoms with E-state index in [1.165, 1.54) is 0 Å². The smallest absolute Gasteiger partial charge is 0.315 e. The third-order valence-corrected chi connectivity index (χ3v) is 5.16. The van der Waals surface area contributed by atoms with E-state index in [4.69, 9.17) is 21.1 Å². The molecule has 2 amide bonds.